The lowest BCUT2D eigenvalue weighted by Gasteiger charge is -2.33. The lowest BCUT2D eigenvalue weighted by Crippen LogP contribution is -3.13. The fraction of sp³-hybridized carbons (Fsp3) is 0.300. The Kier molecular flexibility index (Phi) is 4.79. The summed E-state index contributed by atoms with van der Waals surface area (Å²) in [6.45, 7) is 6.23. The smallest absolute Gasteiger partial charge is 0.269 e. The highest BCUT2D eigenvalue weighted by molar-refractivity contribution is 5.51. The number of hydrogen-bond acceptors (Lipinski definition) is 5. The molecule has 0 aliphatic carbocycles. The first-order valence-electron chi connectivity index (χ1n) is 9.31. The molecule has 0 saturated carbocycles. The first kappa shape index (κ1) is 18.1. The van der Waals surface area contributed by atoms with Crippen molar-refractivity contribution in [2.45, 2.75) is 13.5 Å². The van der Waals surface area contributed by atoms with Crippen molar-refractivity contribution >= 4 is 17.0 Å². The molecule has 0 amide bonds. The van der Waals surface area contributed by atoms with Crippen LogP contribution in [0.4, 0.5) is 11.4 Å². The van der Waals surface area contributed by atoms with Crippen LogP contribution in [0.15, 0.2) is 53.5 Å². The van der Waals surface area contributed by atoms with Crippen molar-refractivity contribution in [3.05, 3.63) is 80.4 Å². The Morgan fingerprint density at radius 2 is 1.86 bits per heavy atom. The minimum atomic E-state index is -0.383. The summed E-state index contributed by atoms with van der Waals surface area (Å²) in [4.78, 5) is 31.0. The molecule has 0 unspecified atom stereocenters. The zero-order valence-electron chi connectivity index (χ0n) is 15.7. The number of anilines is 1. The minimum Gasteiger partial charge on any atom is -0.360 e. The van der Waals surface area contributed by atoms with Gasteiger partial charge in [-0.05, 0) is 30.7 Å². The van der Waals surface area contributed by atoms with Gasteiger partial charge in [-0.2, -0.15) is 0 Å². The van der Waals surface area contributed by atoms with E-state index in [0.717, 1.165) is 43.1 Å². The molecule has 3 heterocycles. The average Bonchev–Trinajstić information content (AvgIpc) is 2.69. The van der Waals surface area contributed by atoms with Crippen molar-refractivity contribution in [1.29, 1.82) is 0 Å². The molecule has 144 valence electrons. The van der Waals surface area contributed by atoms with Gasteiger partial charge in [-0.15, -0.1) is 0 Å². The lowest BCUT2D eigenvalue weighted by atomic mass is 10.2. The summed E-state index contributed by atoms with van der Waals surface area (Å²) in [7, 11) is 0. The Labute approximate surface area is 161 Å². The summed E-state index contributed by atoms with van der Waals surface area (Å²) in [5.41, 5.74) is 3.58. The number of rotatable bonds is 4. The molecule has 1 aliphatic rings. The van der Waals surface area contributed by atoms with Gasteiger partial charge in [-0.3, -0.25) is 19.3 Å². The van der Waals surface area contributed by atoms with Crippen LogP contribution in [0.1, 0.15) is 11.3 Å². The Morgan fingerprint density at radius 1 is 1.14 bits per heavy atom. The number of aryl methyl sites for hydroxylation is 1. The number of aromatic nitrogens is 2. The van der Waals surface area contributed by atoms with Crippen LogP contribution in [0.2, 0.25) is 0 Å². The van der Waals surface area contributed by atoms with Crippen LogP contribution < -0.4 is 15.4 Å². The Morgan fingerprint density at radius 3 is 2.54 bits per heavy atom. The van der Waals surface area contributed by atoms with Gasteiger partial charge < -0.3 is 9.80 Å². The molecule has 0 radical (unpaired) electrons. The van der Waals surface area contributed by atoms with Gasteiger partial charge in [0.15, 0.2) is 0 Å². The number of hydrogen-bond donors (Lipinski definition) is 1. The SMILES string of the molecule is Cc1ccc2nc(C[NH+]3CCN(c4ccc([N+](=O)[O-])cc4)CC3)cc(=O)n2c1. The maximum absolute atomic E-state index is 12.4. The number of benzene rings is 1. The monoisotopic (exact) mass is 380 g/mol. The molecule has 0 spiro atoms. The third kappa shape index (κ3) is 3.72. The van der Waals surface area contributed by atoms with Crippen LogP contribution >= 0.6 is 0 Å². The van der Waals surface area contributed by atoms with Crippen LogP contribution in [0.3, 0.4) is 0 Å². The summed E-state index contributed by atoms with van der Waals surface area (Å²) >= 11 is 0. The molecule has 1 saturated heterocycles. The molecule has 1 N–H and O–H groups in total. The van der Waals surface area contributed by atoms with Gasteiger partial charge in [0.2, 0.25) is 0 Å². The molecule has 1 aromatic carbocycles. The van der Waals surface area contributed by atoms with Gasteiger partial charge in [-0.25, -0.2) is 4.98 Å². The zero-order chi connectivity index (χ0) is 19.7. The van der Waals surface area contributed by atoms with Gasteiger partial charge in [0.25, 0.3) is 11.2 Å². The maximum atomic E-state index is 12.4. The minimum absolute atomic E-state index is 0.0485. The summed E-state index contributed by atoms with van der Waals surface area (Å²) in [6.07, 6.45) is 1.81. The number of piperazine rings is 1. The van der Waals surface area contributed by atoms with Crippen LogP contribution in [-0.4, -0.2) is 40.5 Å². The Balaban J connectivity index is 1.42. The summed E-state index contributed by atoms with van der Waals surface area (Å²) in [5, 5.41) is 10.8. The largest absolute Gasteiger partial charge is 0.360 e. The fourth-order valence-corrected chi connectivity index (χ4v) is 3.65. The second kappa shape index (κ2) is 7.40. The molecule has 4 rings (SSSR count). The van der Waals surface area contributed by atoms with E-state index in [1.807, 2.05) is 25.3 Å². The van der Waals surface area contributed by atoms with E-state index >= 15 is 0 Å². The number of quaternary nitrogens is 1. The van der Waals surface area contributed by atoms with Crippen LogP contribution in [0.25, 0.3) is 5.65 Å². The Bertz CT molecular complexity index is 1070. The fourth-order valence-electron chi connectivity index (χ4n) is 3.65. The van der Waals surface area contributed by atoms with Crippen molar-refractivity contribution in [2.24, 2.45) is 0 Å². The van der Waals surface area contributed by atoms with Crippen LogP contribution in [0, 0.1) is 17.0 Å². The van der Waals surface area contributed by atoms with E-state index in [0.29, 0.717) is 12.2 Å². The van der Waals surface area contributed by atoms with E-state index in [1.54, 1.807) is 34.7 Å². The first-order chi connectivity index (χ1) is 13.5. The molecule has 0 bridgehead atoms. The molecule has 0 atom stereocenters. The lowest BCUT2D eigenvalue weighted by molar-refractivity contribution is -0.914. The van der Waals surface area contributed by atoms with E-state index in [2.05, 4.69) is 9.88 Å². The van der Waals surface area contributed by atoms with Crippen molar-refractivity contribution in [3.63, 3.8) is 0 Å². The first-order valence-corrected chi connectivity index (χ1v) is 9.31. The number of nitro groups is 1. The number of nitro benzene ring substituents is 1. The second-order valence-electron chi connectivity index (χ2n) is 7.21. The predicted molar refractivity (Wildman–Crippen MR) is 106 cm³/mol. The average molecular weight is 380 g/mol. The number of nitrogens with zero attached hydrogens (tertiary/aromatic N) is 4. The molecular weight excluding hydrogens is 358 g/mol. The number of nitrogens with one attached hydrogen (secondary N) is 1. The van der Waals surface area contributed by atoms with Crippen molar-refractivity contribution in [1.82, 2.24) is 9.38 Å². The topological polar surface area (TPSA) is 85.2 Å². The summed E-state index contributed by atoms with van der Waals surface area (Å²) in [5.74, 6) is 0. The molecule has 8 nitrogen and oxygen atoms in total. The van der Waals surface area contributed by atoms with Crippen LogP contribution in [-0.2, 0) is 6.54 Å². The highest BCUT2D eigenvalue weighted by atomic mass is 16.6. The third-order valence-corrected chi connectivity index (χ3v) is 5.19. The number of fused-ring (bicyclic) bond motifs is 1. The molecule has 1 fully saturated rings. The molecule has 3 aromatic rings. The van der Waals surface area contributed by atoms with Crippen molar-refractivity contribution in [3.8, 4) is 0 Å². The van der Waals surface area contributed by atoms with E-state index < -0.39 is 0 Å². The number of pyridine rings is 1. The summed E-state index contributed by atoms with van der Waals surface area (Å²) in [6, 6.07) is 12.2. The normalized spacial score (nSPS) is 15.1. The van der Waals surface area contributed by atoms with E-state index in [1.165, 1.54) is 4.90 Å². The standard InChI is InChI=1S/C20H21N5O3/c1-15-2-7-19-21-16(12-20(26)24(19)13-15)14-22-8-10-23(11-9-22)17-3-5-18(6-4-17)25(27)28/h2-7,12-13H,8-11,14H2,1H3/p+1. The summed E-state index contributed by atoms with van der Waals surface area (Å²) < 4.78 is 1.58. The van der Waals surface area contributed by atoms with Crippen LogP contribution in [0.5, 0.6) is 0 Å². The van der Waals surface area contributed by atoms with Gasteiger partial charge in [0, 0.05) is 30.1 Å². The predicted octanol–water partition coefficient (Wildman–Crippen LogP) is 0.816. The molecular formula is C20H22N5O3+. The third-order valence-electron chi connectivity index (χ3n) is 5.19. The van der Waals surface area contributed by atoms with Gasteiger partial charge >= 0.3 is 0 Å². The van der Waals surface area contributed by atoms with Crippen molar-refractivity contribution < 1.29 is 9.82 Å². The van der Waals surface area contributed by atoms with E-state index in [9.17, 15) is 14.9 Å². The van der Waals surface area contributed by atoms with Gasteiger partial charge in [0.05, 0.1) is 31.1 Å². The highest BCUT2D eigenvalue weighted by Gasteiger charge is 2.21. The van der Waals surface area contributed by atoms with E-state index in [4.69, 9.17) is 0 Å². The Hall–Kier alpha value is -3.26. The quantitative estimate of drug-likeness (QED) is 0.535. The molecule has 28 heavy (non-hydrogen) atoms. The zero-order valence-corrected chi connectivity index (χ0v) is 15.7. The van der Waals surface area contributed by atoms with Crippen molar-refractivity contribution in [2.75, 3.05) is 31.1 Å². The maximum Gasteiger partial charge on any atom is 0.269 e. The number of non-ortho nitro benzene ring substituents is 1. The molecule has 2 aromatic heterocycles. The second-order valence-corrected chi connectivity index (χ2v) is 7.21. The van der Waals surface area contributed by atoms with Gasteiger partial charge in [0.1, 0.15) is 17.9 Å². The van der Waals surface area contributed by atoms with Gasteiger partial charge in [-0.1, -0.05) is 6.07 Å². The highest BCUT2D eigenvalue weighted by Crippen LogP contribution is 2.19. The molecule has 8 heteroatoms. The van der Waals surface area contributed by atoms with E-state index in [-0.39, 0.29) is 16.2 Å². The molecule has 1 aliphatic heterocycles.